The fourth-order valence-corrected chi connectivity index (χ4v) is 2.60. The minimum absolute atomic E-state index is 0.00000567. The molecule has 2 N–H and O–H groups in total. The number of rotatable bonds is 4. The molecule has 0 spiro atoms. The lowest BCUT2D eigenvalue weighted by atomic mass is 9.94. The topological polar surface area (TPSA) is 49.6 Å². The number of likely N-dealkylation sites (tertiary alicyclic amines) is 1. The number of carbonyl (C=O) groups excluding carboxylic acids is 1. The molecule has 1 aliphatic heterocycles. The van der Waals surface area contributed by atoms with Crippen LogP contribution in [0.25, 0.3) is 0 Å². The van der Waals surface area contributed by atoms with Crippen molar-refractivity contribution in [2.45, 2.75) is 25.9 Å². The summed E-state index contributed by atoms with van der Waals surface area (Å²) in [5.74, 6) is 0.235. The van der Waals surface area contributed by atoms with Gasteiger partial charge in [-0.1, -0.05) is 25.1 Å². The van der Waals surface area contributed by atoms with Crippen LogP contribution in [0.15, 0.2) is 24.3 Å². The number of amides is 1. The van der Waals surface area contributed by atoms with Crippen LogP contribution in [0, 0.1) is 11.7 Å². The van der Waals surface area contributed by atoms with Gasteiger partial charge >= 0.3 is 0 Å². The average molecular weight is 293 g/mol. The largest absolute Gasteiger partial charge is 0.340 e. The van der Waals surface area contributed by atoms with E-state index in [2.05, 4.69) is 11.8 Å². The minimum Gasteiger partial charge on any atom is -0.340 e. The Kier molecular flexibility index (Phi) is 5.31. The lowest BCUT2D eigenvalue weighted by molar-refractivity contribution is -0.132. The van der Waals surface area contributed by atoms with E-state index in [1.54, 1.807) is 30.1 Å². The van der Waals surface area contributed by atoms with Gasteiger partial charge in [-0.15, -0.1) is 0 Å². The molecule has 2 rings (SSSR count). The summed E-state index contributed by atoms with van der Waals surface area (Å²) in [6.45, 7) is 4.44. The SMILES string of the molecule is CC1CCN(CC(=O)N(C)Cc2ccccc2F)CC1N. The van der Waals surface area contributed by atoms with Crippen LogP contribution in [0.4, 0.5) is 4.39 Å². The number of carbonyl (C=O) groups is 1. The maximum absolute atomic E-state index is 13.6. The summed E-state index contributed by atoms with van der Waals surface area (Å²) in [5, 5.41) is 0. The Labute approximate surface area is 125 Å². The van der Waals surface area contributed by atoms with Gasteiger partial charge in [-0.05, 0) is 24.9 Å². The third kappa shape index (κ3) is 4.25. The van der Waals surface area contributed by atoms with E-state index in [-0.39, 0.29) is 17.8 Å². The van der Waals surface area contributed by atoms with Gasteiger partial charge in [0.05, 0.1) is 6.54 Å². The molecule has 0 radical (unpaired) electrons. The molecule has 1 fully saturated rings. The number of nitrogens with zero attached hydrogens (tertiary/aromatic N) is 2. The maximum Gasteiger partial charge on any atom is 0.236 e. The van der Waals surface area contributed by atoms with Gasteiger partial charge in [0.15, 0.2) is 0 Å². The molecular weight excluding hydrogens is 269 g/mol. The molecule has 2 atom stereocenters. The summed E-state index contributed by atoms with van der Waals surface area (Å²) in [5.41, 5.74) is 6.59. The molecule has 1 saturated heterocycles. The Morgan fingerprint density at radius 3 is 2.86 bits per heavy atom. The number of benzene rings is 1. The molecule has 0 saturated carbocycles. The molecule has 1 aromatic rings. The standard InChI is InChI=1S/C16H24FN3O/c1-12-7-8-20(10-15(12)18)11-16(21)19(2)9-13-5-3-4-6-14(13)17/h3-6,12,15H,7-11,18H2,1-2H3. The predicted octanol–water partition coefficient (Wildman–Crippen LogP) is 1.45. The molecular formula is C16H24FN3O. The van der Waals surface area contributed by atoms with E-state index >= 15 is 0 Å². The third-order valence-corrected chi connectivity index (χ3v) is 4.25. The van der Waals surface area contributed by atoms with Crippen LogP contribution >= 0.6 is 0 Å². The van der Waals surface area contributed by atoms with E-state index in [4.69, 9.17) is 5.73 Å². The van der Waals surface area contributed by atoms with Crippen molar-refractivity contribution in [2.75, 3.05) is 26.7 Å². The number of hydrogen-bond donors (Lipinski definition) is 1. The van der Waals surface area contributed by atoms with Crippen molar-refractivity contribution in [3.8, 4) is 0 Å². The molecule has 1 amide bonds. The van der Waals surface area contributed by atoms with Crippen LogP contribution < -0.4 is 5.73 Å². The lowest BCUT2D eigenvalue weighted by Crippen LogP contribution is -2.50. The van der Waals surface area contributed by atoms with Crippen molar-refractivity contribution in [1.82, 2.24) is 9.80 Å². The Bertz CT molecular complexity index is 494. The minimum atomic E-state index is -0.272. The smallest absolute Gasteiger partial charge is 0.236 e. The summed E-state index contributed by atoms with van der Waals surface area (Å²) >= 11 is 0. The highest BCUT2D eigenvalue weighted by molar-refractivity contribution is 5.78. The highest BCUT2D eigenvalue weighted by Crippen LogP contribution is 2.15. The first kappa shape index (κ1) is 15.9. The first-order valence-corrected chi connectivity index (χ1v) is 7.42. The predicted molar refractivity (Wildman–Crippen MR) is 81.1 cm³/mol. The van der Waals surface area contributed by atoms with E-state index in [9.17, 15) is 9.18 Å². The molecule has 0 bridgehead atoms. The van der Waals surface area contributed by atoms with Crippen molar-refractivity contribution < 1.29 is 9.18 Å². The van der Waals surface area contributed by atoms with Gasteiger partial charge in [0.2, 0.25) is 5.91 Å². The third-order valence-electron chi connectivity index (χ3n) is 4.25. The first-order chi connectivity index (χ1) is 9.97. The quantitative estimate of drug-likeness (QED) is 0.914. The monoisotopic (exact) mass is 293 g/mol. The number of halogens is 1. The van der Waals surface area contributed by atoms with Crippen LogP contribution in [-0.4, -0.2) is 48.4 Å². The van der Waals surface area contributed by atoms with E-state index in [1.807, 2.05) is 0 Å². The summed E-state index contributed by atoms with van der Waals surface area (Å²) in [6.07, 6.45) is 1.02. The van der Waals surface area contributed by atoms with Gasteiger partial charge in [-0.25, -0.2) is 4.39 Å². The van der Waals surface area contributed by atoms with Gasteiger partial charge in [-0.3, -0.25) is 9.69 Å². The second kappa shape index (κ2) is 7.00. The van der Waals surface area contributed by atoms with Crippen LogP contribution in [0.2, 0.25) is 0 Å². The molecule has 2 unspecified atom stereocenters. The van der Waals surface area contributed by atoms with Crippen LogP contribution in [0.3, 0.4) is 0 Å². The number of piperidine rings is 1. The molecule has 5 heteroatoms. The van der Waals surface area contributed by atoms with E-state index in [1.165, 1.54) is 6.07 Å². The lowest BCUT2D eigenvalue weighted by Gasteiger charge is -2.35. The van der Waals surface area contributed by atoms with Crippen molar-refractivity contribution in [3.63, 3.8) is 0 Å². The Hall–Kier alpha value is -1.46. The molecule has 116 valence electrons. The van der Waals surface area contributed by atoms with E-state index in [0.717, 1.165) is 19.5 Å². The van der Waals surface area contributed by atoms with Crippen molar-refractivity contribution in [3.05, 3.63) is 35.6 Å². The molecule has 1 heterocycles. The van der Waals surface area contributed by atoms with Gasteiger partial charge in [0, 0.05) is 31.7 Å². The number of nitrogens with two attached hydrogens (primary N) is 1. The van der Waals surface area contributed by atoms with Crippen LogP contribution in [0.5, 0.6) is 0 Å². The average Bonchev–Trinajstić information content (AvgIpc) is 2.45. The Morgan fingerprint density at radius 1 is 1.48 bits per heavy atom. The van der Waals surface area contributed by atoms with E-state index < -0.39 is 0 Å². The zero-order chi connectivity index (χ0) is 15.4. The van der Waals surface area contributed by atoms with Gasteiger partial charge in [-0.2, -0.15) is 0 Å². The molecule has 0 aromatic heterocycles. The molecule has 1 aromatic carbocycles. The highest BCUT2D eigenvalue weighted by Gasteiger charge is 2.25. The van der Waals surface area contributed by atoms with Crippen molar-refractivity contribution in [1.29, 1.82) is 0 Å². The zero-order valence-corrected chi connectivity index (χ0v) is 12.8. The fourth-order valence-electron chi connectivity index (χ4n) is 2.60. The number of likely N-dealkylation sites (N-methyl/N-ethyl adjacent to an activating group) is 1. The van der Waals surface area contributed by atoms with Gasteiger partial charge in [0.1, 0.15) is 5.82 Å². The van der Waals surface area contributed by atoms with Gasteiger partial charge in [0.25, 0.3) is 0 Å². The van der Waals surface area contributed by atoms with Crippen LogP contribution in [0.1, 0.15) is 18.9 Å². The van der Waals surface area contributed by atoms with Crippen molar-refractivity contribution in [2.24, 2.45) is 11.7 Å². The number of hydrogen-bond acceptors (Lipinski definition) is 3. The second-order valence-corrected chi connectivity index (χ2v) is 6.01. The first-order valence-electron chi connectivity index (χ1n) is 7.42. The highest BCUT2D eigenvalue weighted by atomic mass is 19.1. The zero-order valence-electron chi connectivity index (χ0n) is 12.8. The summed E-state index contributed by atoms with van der Waals surface area (Å²) in [7, 11) is 1.71. The Balaban J connectivity index is 1.87. The molecule has 21 heavy (non-hydrogen) atoms. The Morgan fingerprint density at radius 2 is 2.19 bits per heavy atom. The molecule has 4 nitrogen and oxygen atoms in total. The summed E-state index contributed by atoms with van der Waals surface area (Å²) < 4.78 is 13.6. The second-order valence-electron chi connectivity index (χ2n) is 6.01. The van der Waals surface area contributed by atoms with Crippen LogP contribution in [-0.2, 0) is 11.3 Å². The molecule has 0 aliphatic carbocycles. The van der Waals surface area contributed by atoms with E-state index in [0.29, 0.717) is 24.6 Å². The maximum atomic E-state index is 13.6. The van der Waals surface area contributed by atoms with Crippen molar-refractivity contribution >= 4 is 5.91 Å². The van der Waals surface area contributed by atoms with Gasteiger partial charge < -0.3 is 10.6 Å². The fraction of sp³-hybridized carbons (Fsp3) is 0.562. The normalized spacial score (nSPS) is 23.0. The summed E-state index contributed by atoms with van der Waals surface area (Å²) in [6, 6.07) is 6.68. The molecule has 1 aliphatic rings. The summed E-state index contributed by atoms with van der Waals surface area (Å²) in [4.78, 5) is 15.9.